The normalized spacial score (nSPS) is 24.2. The SMILES string of the molecule is CCCN(CCC)CC1CCCCN1C(C)N. The van der Waals surface area contributed by atoms with Gasteiger partial charge in [-0.05, 0) is 52.2 Å². The van der Waals surface area contributed by atoms with Crippen molar-refractivity contribution >= 4 is 0 Å². The van der Waals surface area contributed by atoms with E-state index in [4.69, 9.17) is 5.73 Å². The Labute approximate surface area is 107 Å². The third kappa shape index (κ3) is 4.94. The Bertz CT molecular complexity index is 188. The molecule has 3 nitrogen and oxygen atoms in total. The van der Waals surface area contributed by atoms with Gasteiger partial charge in [-0.25, -0.2) is 0 Å². The van der Waals surface area contributed by atoms with E-state index < -0.39 is 0 Å². The summed E-state index contributed by atoms with van der Waals surface area (Å²) in [5.74, 6) is 0. The second kappa shape index (κ2) is 8.06. The topological polar surface area (TPSA) is 32.5 Å². The van der Waals surface area contributed by atoms with Gasteiger partial charge in [-0.2, -0.15) is 0 Å². The maximum absolute atomic E-state index is 6.09. The summed E-state index contributed by atoms with van der Waals surface area (Å²) >= 11 is 0. The lowest BCUT2D eigenvalue weighted by Crippen LogP contribution is -2.53. The van der Waals surface area contributed by atoms with E-state index in [1.54, 1.807) is 0 Å². The first kappa shape index (κ1) is 14.9. The number of piperidine rings is 1. The van der Waals surface area contributed by atoms with E-state index >= 15 is 0 Å². The molecule has 0 radical (unpaired) electrons. The van der Waals surface area contributed by atoms with Gasteiger partial charge in [0, 0.05) is 12.6 Å². The Morgan fingerprint density at radius 1 is 1.24 bits per heavy atom. The van der Waals surface area contributed by atoms with Crippen molar-refractivity contribution in [3.8, 4) is 0 Å². The van der Waals surface area contributed by atoms with Gasteiger partial charge in [-0.15, -0.1) is 0 Å². The Kier molecular flexibility index (Phi) is 7.09. The van der Waals surface area contributed by atoms with Crippen LogP contribution in [0.2, 0.25) is 0 Å². The zero-order valence-electron chi connectivity index (χ0n) is 12.0. The third-order valence-electron chi connectivity index (χ3n) is 3.74. The molecule has 0 aromatic heterocycles. The van der Waals surface area contributed by atoms with Gasteiger partial charge in [0.1, 0.15) is 0 Å². The highest BCUT2D eigenvalue weighted by Gasteiger charge is 2.25. The largest absolute Gasteiger partial charge is 0.316 e. The number of rotatable bonds is 7. The highest BCUT2D eigenvalue weighted by atomic mass is 15.3. The summed E-state index contributed by atoms with van der Waals surface area (Å²) in [6.07, 6.45) is 6.74. The molecule has 17 heavy (non-hydrogen) atoms. The molecule has 0 aliphatic carbocycles. The predicted octanol–water partition coefficient (Wildman–Crippen LogP) is 2.27. The van der Waals surface area contributed by atoms with Crippen molar-refractivity contribution in [2.45, 2.75) is 65.1 Å². The molecule has 102 valence electrons. The monoisotopic (exact) mass is 241 g/mol. The molecule has 0 spiro atoms. The molecule has 1 fully saturated rings. The minimum atomic E-state index is 0.213. The van der Waals surface area contributed by atoms with Gasteiger partial charge in [0.2, 0.25) is 0 Å². The molecule has 0 amide bonds. The van der Waals surface area contributed by atoms with Gasteiger partial charge in [0.15, 0.2) is 0 Å². The Hall–Kier alpha value is -0.120. The number of nitrogens with two attached hydrogens (primary N) is 1. The number of nitrogens with zero attached hydrogens (tertiary/aromatic N) is 2. The summed E-state index contributed by atoms with van der Waals surface area (Å²) in [4.78, 5) is 5.12. The van der Waals surface area contributed by atoms with Crippen molar-refractivity contribution < 1.29 is 0 Å². The maximum atomic E-state index is 6.09. The molecule has 2 atom stereocenters. The molecule has 3 heteroatoms. The summed E-state index contributed by atoms with van der Waals surface area (Å²) in [5.41, 5.74) is 6.09. The van der Waals surface area contributed by atoms with Crippen LogP contribution >= 0.6 is 0 Å². The first-order chi connectivity index (χ1) is 8.19. The molecule has 1 heterocycles. The van der Waals surface area contributed by atoms with Crippen LogP contribution in [0.15, 0.2) is 0 Å². The van der Waals surface area contributed by atoms with E-state index in [9.17, 15) is 0 Å². The standard InChI is InChI=1S/C14H31N3/c1-4-9-16(10-5-2)12-14-8-6-7-11-17(14)13(3)15/h13-14H,4-12,15H2,1-3H3. The summed E-state index contributed by atoms with van der Waals surface area (Å²) < 4.78 is 0. The van der Waals surface area contributed by atoms with E-state index in [1.165, 1.54) is 58.3 Å². The first-order valence-electron chi connectivity index (χ1n) is 7.42. The lowest BCUT2D eigenvalue weighted by molar-refractivity contribution is 0.0735. The highest BCUT2D eigenvalue weighted by molar-refractivity contribution is 4.81. The fraction of sp³-hybridized carbons (Fsp3) is 1.00. The van der Waals surface area contributed by atoms with Crippen LogP contribution in [0.1, 0.15) is 52.9 Å². The van der Waals surface area contributed by atoms with Gasteiger partial charge in [-0.1, -0.05) is 20.3 Å². The van der Waals surface area contributed by atoms with Crippen LogP contribution in [-0.4, -0.2) is 48.2 Å². The lowest BCUT2D eigenvalue weighted by atomic mass is 10.0. The second-order valence-electron chi connectivity index (χ2n) is 5.43. The van der Waals surface area contributed by atoms with Crippen LogP contribution < -0.4 is 5.73 Å². The summed E-state index contributed by atoms with van der Waals surface area (Å²) in [7, 11) is 0. The van der Waals surface area contributed by atoms with E-state index in [1.807, 2.05) is 0 Å². The molecular weight excluding hydrogens is 210 g/mol. The molecule has 2 unspecified atom stereocenters. The Morgan fingerprint density at radius 3 is 2.41 bits per heavy atom. The van der Waals surface area contributed by atoms with Crippen molar-refractivity contribution in [3.05, 3.63) is 0 Å². The van der Waals surface area contributed by atoms with Gasteiger partial charge in [-0.3, -0.25) is 4.90 Å². The summed E-state index contributed by atoms with van der Waals surface area (Å²) in [5, 5.41) is 0. The molecule has 0 aromatic carbocycles. The molecule has 1 aliphatic heterocycles. The third-order valence-corrected chi connectivity index (χ3v) is 3.74. The van der Waals surface area contributed by atoms with Crippen molar-refractivity contribution in [2.75, 3.05) is 26.2 Å². The molecular formula is C14H31N3. The van der Waals surface area contributed by atoms with Crippen LogP contribution in [0, 0.1) is 0 Å². The van der Waals surface area contributed by atoms with Crippen LogP contribution in [0.4, 0.5) is 0 Å². The van der Waals surface area contributed by atoms with Crippen LogP contribution in [0.5, 0.6) is 0 Å². The van der Waals surface area contributed by atoms with Crippen molar-refractivity contribution in [1.82, 2.24) is 9.80 Å². The zero-order valence-corrected chi connectivity index (χ0v) is 12.0. The van der Waals surface area contributed by atoms with Crippen LogP contribution in [0.25, 0.3) is 0 Å². The summed E-state index contributed by atoms with van der Waals surface area (Å²) in [6.45, 7) is 11.5. The van der Waals surface area contributed by atoms with Crippen molar-refractivity contribution in [1.29, 1.82) is 0 Å². The molecule has 0 bridgehead atoms. The average Bonchev–Trinajstić information content (AvgIpc) is 2.30. The Morgan fingerprint density at radius 2 is 1.88 bits per heavy atom. The predicted molar refractivity (Wildman–Crippen MR) is 75.0 cm³/mol. The highest BCUT2D eigenvalue weighted by Crippen LogP contribution is 2.19. The molecule has 1 saturated heterocycles. The Balaban J connectivity index is 2.49. The van der Waals surface area contributed by atoms with E-state index in [2.05, 4.69) is 30.6 Å². The van der Waals surface area contributed by atoms with Gasteiger partial charge >= 0.3 is 0 Å². The summed E-state index contributed by atoms with van der Waals surface area (Å²) in [6, 6.07) is 0.682. The average molecular weight is 241 g/mol. The van der Waals surface area contributed by atoms with Crippen molar-refractivity contribution in [2.24, 2.45) is 5.73 Å². The minimum Gasteiger partial charge on any atom is -0.316 e. The minimum absolute atomic E-state index is 0.213. The quantitative estimate of drug-likeness (QED) is 0.742. The van der Waals surface area contributed by atoms with E-state index in [-0.39, 0.29) is 6.17 Å². The van der Waals surface area contributed by atoms with Crippen molar-refractivity contribution in [3.63, 3.8) is 0 Å². The smallest absolute Gasteiger partial charge is 0.0545 e. The molecule has 1 rings (SSSR count). The molecule has 0 aromatic rings. The van der Waals surface area contributed by atoms with E-state index in [0.717, 1.165) is 0 Å². The fourth-order valence-electron chi connectivity index (χ4n) is 2.98. The number of hydrogen-bond donors (Lipinski definition) is 1. The molecule has 0 saturated carbocycles. The van der Waals surface area contributed by atoms with Gasteiger partial charge in [0.05, 0.1) is 6.17 Å². The number of likely N-dealkylation sites (tertiary alicyclic amines) is 1. The van der Waals surface area contributed by atoms with Crippen LogP contribution in [-0.2, 0) is 0 Å². The zero-order chi connectivity index (χ0) is 12.7. The number of hydrogen-bond acceptors (Lipinski definition) is 3. The van der Waals surface area contributed by atoms with E-state index in [0.29, 0.717) is 6.04 Å². The van der Waals surface area contributed by atoms with Gasteiger partial charge < -0.3 is 10.6 Å². The van der Waals surface area contributed by atoms with Crippen LogP contribution in [0.3, 0.4) is 0 Å². The second-order valence-corrected chi connectivity index (χ2v) is 5.43. The van der Waals surface area contributed by atoms with Gasteiger partial charge in [0.25, 0.3) is 0 Å². The molecule has 2 N–H and O–H groups in total. The maximum Gasteiger partial charge on any atom is 0.0545 e. The lowest BCUT2D eigenvalue weighted by Gasteiger charge is -2.40. The molecule has 1 aliphatic rings. The fourth-order valence-corrected chi connectivity index (χ4v) is 2.98. The first-order valence-corrected chi connectivity index (χ1v) is 7.42.